The number of hydrogen-bond acceptors (Lipinski definition) is 12. The highest BCUT2D eigenvalue weighted by molar-refractivity contribution is 7.48. The van der Waals surface area contributed by atoms with Crippen molar-refractivity contribution in [2.45, 2.75) is 58.2 Å². The third-order valence-corrected chi connectivity index (χ3v) is 6.03. The molecule has 12 nitrogen and oxygen atoms in total. The van der Waals surface area contributed by atoms with Crippen LogP contribution in [-0.4, -0.2) is 95.8 Å². The predicted molar refractivity (Wildman–Crippen MR) is 123 cm³/mol. The molecule has 1 unspecified atom stereocenters. The Bertz CT molecular complexity index is 674. The average Bonchev–Trinajstić information content (AvgIpc) is 3.08. The minimum atomic E-state index is -3.80. The van der Waals surface area contributed by atoms with Crippen LogP contribution >= 0.6 is 7.82 Å². The molecule has 0 amide bonds. The molecule has 1 aliphatic carbocycles. The molecule has 1 saturated carbocycles. The maximum Gasteiger partial charge on any atom is 0.475 e. The first-order valence-corrected chi connectivity index (χ1v) is 13.1. The fourth-order valence-electron chi connectivity index (χ4n) is 2.74. The van der Waals surface area contributed by atoms with Crippen LogP contribution in [0.2, 0.25) is 0 Å². The van der Waals surface area contributed by atoms with E-state index in [1.54, 1.807) is 27.9 Å². The second-order valence-corrected chi connectivity index (χ2v) is 10.1. The predicted octanol–water partition coefficient (Wildman–Crippen LogP) is 2.26. The minimum Gasteiger partial charge on any atom is -0.446 e. The first-order chi connectivity index (χ1) is 16.6. The Morgan fingerprint density at radius 3 is 1.83 bits per heavy atom. The van der Waals surface area contributed by atoms with E-state index in [9.17, 15) is 18.9 Å². The molecule has 1 atom stereocenters. The topological polar surface area (TPSA) is 142 Å². The summed E-state index contributed by atoms with van der Waals surface area (Å²) in [6.07, 6.45) is -0.543. The van der Waals surface area contributed by atoms with Crippen molar-refractivity contribution in [2.75, 3.05) is 66.6 Å². The van der Waals surface area contributed by atoms with Crippen molar-refractivity contribution in [3.63, 3.8) is 0 Å². The van der Waals surface area contributed by atoms with Gasteiger partial charge in [-0.25, -0.2) is 4.57 Å². The monoisotopic (exact) mass is 526 g/mol. The number of ether oxygens (including phenoxy) is 5. The molecule has 0 saturated heterocycles. The maximum absolute atomic E-state index is 12.8. The number of esters is 1. The highest BCUT2D eigenvalue weighted by Crippen LogP contribution is 2.52. The Morgan fingerprint density at radius 2 is 1.31 bits per heavy atom. The summed E-state index contributed by atoms with van der Waals surface area (Å²) in [6, 6.07) is 0. The van der Waals surface area contributed by atoms with Crippen molar-refractivity contribution >= 4 is 25.4 Å². The van der Waals surface area contributed by atoms with E-state index >= 15 is 0 Å². The molecule has 0 bridgehead atoms. The van der Waals surface area contributed by atoms with Crippen LogP contribution < -0.4 is 0 Å². The van der Waals surface area contributed by atoms with Crippen LogP contribution in [0.5, 0.6) is 0 Å². The zero-order chi connectivity index (χ0) is 26.2. The molecular formula is C22H39O12P. The van der Waals surface area contributed by atoms with Gasteiger partial charge in [0.1, 0.15) is 0 Å². The van der Waals surface area contributed by atoms with E-state index in [4.69, 9.17) is 37.3 Å². The number of phosphoric acid groups is 1. The molecule has 1 fully saturated rings. The highest BCUT2D eigenvalue weighted by Gasteiger charge is 2.36. The summed E-state index contributed by atoms with van der Waals surface area (Å²) >= 11 is 0. The minimum absolute atomic E-state index is 0.0116. The van der Waals surface area contributed by atoms with E-state index in [1.807, 2.05) is 0 Å². The molecule has 0 aromatic rings. The summed E-state index contributed by atoms with van der Waals surface area (Å²) in [5, 5.41) is 0. The lowest BCUT2D eigenvalue weighted by atomic mass is 10.2. The van der Waals surface area contributed by atoms with Crippen LogP contribution in [0.1, 0.15) is 46.5 Å². The Hall–Kier alpha value is -1.24. The van der Waals surface area contributed by atoms with Crippen molar-refractivity contribution in [1.29, 1.82) is 0 Å². The number of carbonyl (C=O) groups is 3. The molecule has 1 rings (SSSR count). The van der Waals surface area contributed by atoms with Gasteiger partial charge in [-0.2, -0.15) is 0 Å². The van der Waals surface area contributed by atoms with Crippen LogP contribution in [0.25, 0.3) is 0 Å². The molecule has 35 heavy (non-hydrogen) atoms. The molecule has 0 heterocycles. The van der Waals surface area contributed by atoms with Gasteiger partial charge in [-0.1, -0.05) is 0 Å². The van der Waals surface area contributed by atoms with Gasteiger partial charge in [-0.05, 0) is 27.2 Å². The molecule has 0 N–H and O–H groups in total. The SMILES string of the molecule is COCCOCCOP(=O)(OCCOCCOCCCC(=O)OC1C(=O)CCC1=O)OC(C)(C)C. The second kappa shape index (κ2) is 17.3. The van der Waals surface area contributed by atoms with Crippen LogP contribution in [0, 0.1) is 0 Å². The van der Waals surface area contributed by atoms with Gasteiger partial charge in [0.05, 0.1) is 58.5 Å². The Morgan fingerprint density at radius 1 is 0.829 bits per heavy atom. The summed E-state index contributed by atoms with van der Waals surface area (Å²) < 4.78 is 54.8. The standard InChI is InChI=1S/C22H39O12P/c1-22(2,3)34-35(26,31-16-14-29-11-10-27-4)32-17-15-30-13-12-28-9-5-6-20(25)33-21-18(23)7-8-19(21)24/h21H,5-17H2,1-4H3. The molecule has 0 aromatic carbocycles. The quantitative estimate of drug-likeness (QED) is 0.0994. The first-order valence-electron chi connectivity index (χ1n) is 11.6. The van der Waals surface area contributed by atoms with E-state index < -0.39 is 25.5 Å². The highest BCUT2D eigenvalue weighted by atomic mass is 31.2. The second-order valence-electron chi connectivity index (χ2n) is 8.55. The summed E-state index contributed by atoms with van der Waals surface area (Å²) in [5.41, 5.74) is -0.740. The van der Waals surface area contributed by atoms with Crippen molar-refractivity contribution in [3.05, 3.63) is 0 Å². The third-order valence-electron chi connectivity index (χ3n) is 4.27. The Kier molecular flexibility index (Phi) is 15.7. The van der Waals surface area contributed by atoms with E-state index in [0.717, 1.165) is 0 Å². The molecule has 1 aliphatic rings. The number of methoxy groups -OCH3 is 1. The lowest BCUT2D eigenvalue weighted by Crippen LogP contribution is -2.28. The van der Waals surface area contributed by atoms with Crippen molar-refractivity contribution in [2.24, 2.45) is 0 Å². The summed E-state index contributed by atoms with van der Waals surface area (Å²) in [6.45, 7) is 7.27. The summed E-state index contributed by atoms with van der Waals surface area (Å²) in [7, 11) is -2.23. The summed E-state index contributed by atoms with van der Waals surface area (Å²) in [4.78, 5) is 34.6. The lowest BCUT2D eigenvalue weighted by molar-refractivity contribution is -0.157. The zero-order valence-corrected chi connectivity index (χ0v) is 22.0. The fourth-order valence-corrected chi connectivity index (χ4v) is 4.18. The number of hydrogen-bond donors (Lipinski definition) is 0. The van der Waals surface area contributed by atoms with Crippen molar-refractivity contribution in [3.8, 4) is 0 Å². The molecular weight excluding hydrogens is 487 g/mol. The van der Waals surface area contributed by atoms with Gasteiger partial charge >= 0.3 is 13.8 Å². The smallest absolute Gasteiger partial charge is 0.446 e. The van der Waals surface area contributed by atoms with Gasteiger partial charge in [0, 0.05) is 33.0 Å². The van der Waals surface area contributed by atoms with Gasteiger partial charge < -0.3 is 23.7 Å². The van der Waals surface area contributed by atoms with Gasteiger partial charge in [-0.3, -0.25) is 28.0 Å². The lowest BCUT2D eigenvalue weighted by Gasteiger charge is -2.26. The van der Waals surface area contributed by atoms with Gasteiger partial charge in [0.25, 0.3) is 0 Å². The van der Waals surface area contributed by atoms with Crippen LogP contribution in [0.15, 0.2) is 0 Å². The molecule has 0 spiro atoms. The van der Waals surface area contributed by atoms with Crippen molar-refractivity contribution in [1.82, 2.24) is 0 Å². The van der Waals surface area contributed by atoms with Crippen LogP contribution in [-0.2, 0) is 56.2 Å². The first kappa shape index (κ1) is 31.8. The number of ketones is 2. The van der Waals surface area contributed by atoms with Gasteiger partial charge in [-0.15, -0.1) is 0 Å². The van der Waals surface area contributed by atoms with E-state index in [1.165, 1.54) is 0 Å². The summed E-state index contributed by atoms with van der Waals surface area (Å²) in [5.74, 6) is -1.29. The molecule has 0 aliphatic heterocycles. The average molecular weight is 527 g/mol. The Labute approximate surface area is 206 Å². The number of phosphoric ester groups is 1. The third kappa shape index (κ3) is 15.5. The number of carbonyl (C=O) groups excluding carboxylic acids is 3. The molecule has 0 aromatic heterocycles. The van der Waals surface area contributed by atoms with E-state index in [0.29, 0.717) is 19.6 Å². The Balaban J connectivity index is 2.11. The van der Waals surface area contributed by atoms with Gasteiger partial charge in [0.15, 0.2) is 11.6 Å². The largest absolute Gasteiger partial charge is 0.475 e. The van der Waals surface area contributed by atoms with Crippen molar-refractivity contribution < 1.29 is 56.2 Å². The zero-order valence-electron chi connectivity index (χ0n) is 21.1. The van der Waals surface area contributed by atoms with Gasteiger partial charge in [0.2, 0.25) is 6.10 Å². The molecule has 13 heteroatoms. The van der Waals surface area contributed by atoms with E-state index in [-0.39, 0.29) is 77.1 Å². The fraction of sp³-hybridized carbons (Fsp3) is 0.864. The van der Waals surface area contributed by atoms with Crippen LogP contribution in [0.4, 0.5) is 0 Å². The van der Waals surface area contributed by atoms with E-state index in [2.05, 4.69) is 0 Å². The van der Waals surface area contributed by atoms with Crippen LogP contribution in [0.3, 0.4) is 0 Å². The normalized spacial score (nSPS) is 16.6. The number of rotatable bonds is 20. The molecule has 204 valence electrons. The number of Topliss-reactive ketones (excluding diaryl/α,β-unsaturated/α-hetero) is 2. The maximum atomic E-state index is 12.8. The molecule has 0 radical (unpaired) electrons.